The Morgan fingerprint density at radius 2 is 1.47 bits per heavy atom. The zero-order valence-corrected chi connectivity index (χ0v) is 7.91. The molecule has 0 amide bonds. The minimum absolute atomic E-state index is 1.21. The predicted octanol–water partition coefficient (Wildman–Crippen LogP) is 1.43. The Bertz CT molecular complexity index is 448. The maximum Gasteiger partial charge on any atom is 0.160 e. The van der Waals surface area contributed by atoms with Gasteiger partial charge in [0.2, 0.25) is 0 Å². The van der Waals surface area contributed by atoms with E-state index in [1.807, 2.05) is 18.3 Å². The number of H-pyrrole nitrogens is 1. The molecule has 3 aromatic rings. The number of para-hydroxylation sites is 1. The average molecular weight is 199 g/mol. The van der Waals surface area contributed by atoms with Gasteiger partial charge in [-0.1, -0.05) is 18.2 Å². The zero-order chi connectivity index (χ0) is 10.3. The summed E-state index contributed by atoms with van der Waals surface area (Å²) in [6.07, 6.45) is 4.50. The first kappa shape index (κ1) is 9.26. The molecule has 0 saturated heterocycles. The monoisotopic (exact) mass is 199 g/mol. The lowest BCUT2D eigenvalue weighted by Gasteiger charge is -1.83. The van der Waals surface area contributed by atoms with Crippen molar-refractivity contribution in [3.63, 3.8) is 0 Å². The van der Waals surface area contributed by atoms with E-state index in [2.05, 4.69) is 43.6 Å². The number of nitrogens with one attached hydrogen (secondary N) is 1. The minimum atomic E-state index is 1.21. The van der Waals surface area contributed by atoms with E-state index in [-0.39, 0.29) is 0 Å². The number of hydrogen-bond acceptors (Lipinski definition) is 4. The summed E-state index contributed by atoms with van der Waals surface area (Å²) in [4.78, 5) is 3.12. The summed E-state index contributed by atoms with van der Waals surface area (Å²) in [5, 5.41) is 14.7. The molecule has 0 radical (unpaired) electrons. The van der Waals surface area contributed by atoms with E-state index in [9.17, 15) is 0 Å². The van der Waals surface area contributed by atoms with E-state index in [0.29, 0.717) is 0 Å². The van der Waals surface area contributed by atoms with Crippen LogP contribution in [0.25, 0.3) is 10.9 Å². The summed E-state index contributed by atoms with van der Waals surface area (Å²) >= 11 is 0. The van der Waals surface area contributed by atoms with Gasteiger partial charge in [0.1, 0.15) is 0 Å². The Balaban J connectivity index is 0.000000124. The summed E-state index contributed by atoms with van der Waals surface area (Å²) in [5.74, 6) is 0. The van der Waals surface area contributed by atoms with E-state index in [1.165, 1.54) is 23.6 Å². The lowest BCUT2D eigenvalue weighted by molar-refractivity contribution is 0.853. The third-order valence-corrected chi connectivity index (χ3v) is 1.80. The van der Waals surface area contributed by atoms with E-state index in [1.54, 1.807) is 0 Å². The number of rotatable bonds is 0. The summed E-state index contributed by atoms with van der Waals surface area (Å²) < 4.78 is 0. The van der Waals surface area contributed by atoms with Crippen molar-refractivity contribution in [2.45, 2.75) is 0 Å². The Morgan fingerprint density at radius 3 is 2.07 bits per heavy atom. The van der Waals surface area contributed by atoms with Crippen molar-refractivity contribution in [2.75, 3.05) is 0 Å². The quantitative estimate of drug-likeness (QED) is 0.594. The molecule has 74 valence electrons. The number of aromatic nitrogens is 5. The minimum Gasteiger partial charge on any atom is -0.361 e. The molecule has 0 fully saturated rings. The van der Waals surface area contributed by atoms with Gasteiger partial charge in [0.15, 0.2) is 12.7 Å². The standard InChI is InChI=1S/C8H7N.C2H2N4/c1-2-4-8-7(3-1)5-6-9-8;1-3-5-2-6-4-1/h1-6,9H;1-2H. The van der Waals surface area contributed by atoms with Gasteiger partial charge in [-0.3, -0.25) is 0 Å². The van der Waals surface area contributed by atoms with Crippen molar-refractivity contribution in [3.05, 3.63) is 49.2 Å². The highest BCUT2D eigenvalue weighted by atomic mass is 15.2. The second kappa shape index (κ2) is 4.80. The highest BCUT2D eigenvalue weighted by Crippen LogP contribution is 2.09. The maximum absolute atomic E-state index is 3.36. The molecule has 0 aliphatic rings. The molecule has 2 heterocycles. The first-order chi connectivity index (χ1) is 7.47. The lowest BCUT2D eigenvalue weighted by atomic mass is 10.3. The van der Waals surface area contributed by atoms with Crippen LogP contribution in [-0.2, 0) is 0 Å². The summed E-state index contributed by atoms with van der Waals surface area (Å²) in [7, 11) is 0. The van der Waals surface area contributed by atoms with Crippen LogP contribution in [-0.4, -0.2) is 25.4 Å². The van der Waals surface area contributed by atoms with Crippen molar-refractivity contribution >= 4 is 10.9 Å². The molecule has 3 rings (SSSR count). The highest BCUT2D eigenvalue weighted by Gasteiger charge is 1.86. The molecule has 2 aromatic heterocycles. The average Bonchev–Trinajstić information content (AvgIpc) is 2.80. The van der Waals surface area contributed by atoms with Crippen LogP contribution in [0.3, 0.4) is 0 Å². The summed E-state index contributed by atoms with van der Waals surface area (Å²) in [6, 6.07) is 10.3. The third-order valence-electron chi connectivity index (χ3n) is 1.80. The molecule has 1 N–H and O–H groups in total. The first-order valence-electron chi connectivity index (χ1n) is 4.42. The van der Waals surface area contributed by atoms with Crippen LogP contribution in [0.1, 0.15) is 0 Å². The van der Waals surface area contributed by atoms with Crippen molar-refractivity contribution in [3.8, 4) is 0 Å². The fourth-order valence-corrected chi connectivity index (χ4v) is 1.16. The molecule has 0 aliphatic carbocycles. The van der Waals surface area contributed by atoms with Gasteiger partial charge in [-0.15, -0.1) is 20.4 Å². The third kappa shape index (κ3) is 2.57. The van der Waals surface area contributed by atoms with Crippen LogP contribution in [0.2, 0.25) is 0 Å². The molecule has 0 spiro atoms. The molecular weight excluding hydrogens is 190 g/mol. The van der Waals surface area contributed by atoms with E-state index < -0.39 is 0 Å². The van der Waals surface area contributed by atoms with Crippen LogP contribution >= 0.6 is 0 Å². The first-order valence-corrected chi connectivity index (χ1v) is 4.42. The van der Waals surface area contributed by atoms with Crippen molar-refractivity contribution in [1.82, 2.24) is 25.4 Å². The van der Waals surface area contributed by atoms with E-state index in [4.69, 9.17) is 0 Å². The topological polar surface area (TPSA) is 67.3 Å². The van der Waals surface area contributed by atoms with Gasteiger partial charge >= 0.3 is 0 Å². The Labute approximate surface area is 86.2 Å². The lowest BCUT2D eigenvalue weighted by Crippen LogP contribution is -1.81. The molecule has 15 heavy (non-hydrogen) atoms. The highest BCUT2D eigenvalue weighted by molar-refractivity contribution is 5.78. The second-order valence-corrected chi connectivity index (χ2v) is 2.76. The number of hydrogen-bond donors (Lipinski definition) is 1. The number of fused-ring (bicyclic) bond motifs is 1. The predicted molar refractivity (Wildman–Crippen MR) is 55.9 cm³/mol. The van der Waals surface area contributed by atoms with E-state index >= 15 is 0 Å². The molecule has 0 atom stereocenters. The molecule has 0 bridgehead atoms. The molecule has 1 aromatic carbocycles. The normalized spacial score (nSPS) is 9.33. The van der Waals surface area contributed by atoms with Gasteiger partial charge in [-0.05, 0) is 17.5 Å². The zero-order valence-electron chi connectivity index (χ0n) is 7.91. The van der Waals surface area contributed by atoms with Gasteiger partial charge in [0, 0.05) is 11.7 Å². The maximum atomic E-state index is 3.36. The molecule has 5 nitrogen and oxygen atoms in total. The smallest absolute Gasteiger partial charge is 0.160 e. The Kier molecular flexibility index (Phi) is 2.97. The van der Waals surface area contributed by atoms with Crippen LogP contribution in [0.15, 0.2) is 49.2 Å². The number of benzene rings is 1. The molecule has 0 saturated carbocycles. The van der Waals surface area contributed by atoms with Crippen molar-refractivity contribution in [2.24, 2.45) is 0 Å². The van der Waals surface area contributed by atoms with Crippen LogP contribution < -0.4 is 0 Å². The van der Waals surface area contributed by atoms with Gasteiger partial charge in [-0.25, -0.2) is 0 Å². The second-order valence-electron chi connectivity index (χ2n) is 2.76. The fraction of sp³-hybridized carbons (Fsp3) is 0. The molecule has 0 unspecified atom stereocenters. The van der Waals surface area contributed by atoms with Crippen LogP contribution in [0, 0.1) is 0 Å². The van der Waals surface area contributed by atoms with Gasteiger partial charge in [-0.2, -0.15) is 0 Å². The Hall–Kier alpha value is -2.30. The van der Waals surface area contributed by atoms with Crippen molar-refractivity contribution < 1.29 is 0 Å². The number of aromatic amines is 1. The molecule has 5 heteroatoms. The molecular formula is C10H9N5. The van der Waals surface area contributed by atoms with E-state index in [0.717, 1.165) is 0 Å². The van der Waals surface area contributed by atoms with Crippen molar-refractivity contribution in [1.29, 1.82) is 0 Å². The van der Waals surface area contributed by atoms with Gasteiger partial charge in [0.05, 0.1) is 0 Å². The van der Waals surface area contributed by atoms with Gasteiger partial charge in [0.25, 0.3) is 0 Å². The molecule has 0 aliphatic heterocycles. The fourth-order valence-electron chi connectivity index (χ4n) is 1.16. The number of nitrogens with zero attached hydrogens (tertiary/aromatic N) is 4. The summed E-state index contributed by atoms with van der Waals surface area (Å²) in [5.41, 5.74) is 1.21. The largest absolute Gasteiger partial charge is 0.361 e. The van der Waals surface area contributed by atoms with Gasteiger partial charge < -0.3 is 4.98 Å². The summed E-state index contributed by atoms with van der Waals surface area (Å²) in [6.45, 7) is 0. The van der Waals surface area contributed by atoms with Crippen LogP contribution in [0.4, 0.5) is 0 Å². The SMILES string of the molecule is c1ccc2[nH]ccc2c1.c1nncnn1. The van der Waals surface area contributed by atoms with Crippen LogP contribution in [0.5, 0.6) is 0 Å². The Morgan fingerprint density at radius 1 is 0.800 bits per heavy atom.